The largest absolute Gasteiger partial charge is 0.497 e. The molecule has 0 bridgehead atoms. The van der Waals surface area contributed by atoms with Gasteiger partial charge >= 0.3 is 0 Å². The molecule has 0 spiro atoms. The van der Waals surface area contributed by atoms with Gasteiger partial charge in [0.2, 0.25) is 5.91 Å². The van der Waals surface area contributed by atoms with Crippen molar-refractivity contribution in [1.29, 1.82) is 0 Å². The summed E-state index contributed by atoms with van der Waals surface area (Å²) in [5, 5.41) is 3.09. The Labute approximate surface area is 152 Å². The predicted molar refractivity (Wildman–Crippen MR) is 101 cm³/mol. The number of rotatable bonds is 9. The second-order valence-electron chi connectivity index (χ2n) is 7.11. The van der Waals surface area contributed by atoms with Gasteiger partial charge in [0.15, 0.2) is 0 Å². The van der Waals surface area contributed by atoms with E-state index in [4.69, 9.17) is 9.47 Å². The fraction of sp³-hybridized carbons (Fsp3) is 0.667. The molecule has 1 aromatic rings. The molecule has 25 heavy (non-hydrogen) atoms. The number of carbonyl (C=O) groups is 1. The van der Waals surface area contributed by atoms with E-state index in [2.05, 4.69) is 12.2 Å². The Morgan fingerprint density at radius 1 is 1.24 bits per heavy atom. The van der Waals surface area contributed by atoms with Crippen molar-refractivity contribution in [3.8, 4) is 5.75 Å². The maximum atomic E-state index is 12.5. The van der Waals surface area contributed by atoms with Crippen LogP contribution in [0.2, 0.25) is 0 Å². The third-order valence-electron chi connectivity index (χ3n) is 5.40. The molecule has 0 aromatic heterocycles. The minimum absolute atomic E-state index is 0.153. The third kappa shape index (κ3) is 6.03. The Morgan fingerprint density at radius 2 is 2.00 bits per heavy atom. The van der Waals surface area contributed by atoms with Crippen molar-refractivity contribution in [2.24, 2.45) is 11.8 Å². The number of ether oxygens (including phenoxy) is 2. The third-order valence-corrected chi connectivity index (χ3v) is 5.40. The van der Waals surface area contributed by atoms with Crippen molar-refractivity contribution < 1.29 is 14.3 Å². The molecule has 1 aromatic carbocycles. The SMILES string of the molecule is CCCCC1CCC(C(=O)NCC(OC)c2cccc(OC)c2)CC1. The van der Waals surface area contributed by atoms with E-state index in [-0.39, 0.29) is 17.9 Å². The van der Waals surface area contributed by atoms with E-state index in [1.165, 1.54) is 32.1 Å². The molecule has 0 aliphatic heterocycles. The van der Waals surface area contributed by atoms with Crippen LogP contribution in [0.1, 0.15) is 63.5 Å². The number of hydrogen-bond acceptors (Lipinski definition) is 3. The van der Waals surface area contributed by atoms with Crippen LogP contribution < -0.4 is 10.1 Å². The van der Waals surface area contributed by atoms with E-state index in [9.17, 15) is 4.79 Å². The van der Waals surface area contributed by atoms with Gasteiger partial charge in [0.1, 0.15) is 5.75 Å². The van der Waals surface area contributed by atoms with Gasteiger partial charge in [0.25, 0.3) is 0 Å². The lowest BCUT2D eigenvalue weighted by atomic mass is 9.79. The molecule has 1 saturated carbocycles. The van der Waals surface area contributed by atoms with Crippen molar-refractivity contribution in [3.05, 3.63) is 29.8 Å². The molecular weight excluding hydrogens is 314 g/mol. The Hall–Kier alpha value is -1.55. The maximum absolute atomic E-state index is 12.5. The summed E-state index contributed by atoms with van der Waals surface area (Å²) >= 11 is 0. The van der Waals surface area contributed by atoms with Crippen LogP contribution >= 0.6 is 0 Å². The highest BCUT2D eigenvalue weighted by Gasteiger charge is 2.26. The summed E-state index contributed by atoms with van der Waals surface area (Å²) in [6.07, 6.45) is 8.20. The van der Waals surface area contributed by atoms with Crippen molar-refractivity contribution in [3.63, 3.8) is 0 Å². The van der Waals surface area contributed by atoms with E-state index in [0.29, 0.717) is 6.54 Å². The lowest BCUT2D eigenvalue weighted by molar-refractivity contribution is -0.126. The van der Waals surface area contributed by atoms with Crippen molar-refractivity contribution in [2.75, 3.05) is 20.8 Å². The van der Waals surface area contributed by atoms with Gasteiger partial charge in [0, 0.05) is 19.6 Å². The average Bonchev–Trinajstić information content (AvgIpc) is 2.67. The van der Waals surface area contributed by atoms with Crippen molar-refractivity contribution >= 4 is 5.91 Å². The van der Waals surface area contributed by atoms with Crippen LogP contribution in [0.3, 0.4) is 0 Å². The summed E-state index contributed by atoms with van der Waals surface area (Å²) in [4.78, 5) is 12.5. The number of amides is 1. The van der Waals surface area contributed by atoms with Crippen LogP contribution in [-0.2, 0) is 9.53 Å². The fourth-order valence-corrected chi connectivity index (χ4v) is 3.72. The van der Waals surface area contributed by atoms with Gasteiger partial charge in [-0.3, -0.25) is 4.79 Å². The molecule has 0 saturated heterocycles. The topological polar surface area (TPSA) is 47.6 Å². The fourth-order valence-electron chi connectivity index (χ4n) is 3.72. The minimum atomic E-state index is -0.153. The molecule has 0 heterocycles. The first-order valence-electron chi connectivity index (χ1n) is 9.62. The quantitative estimate of drug-likeness (QED) is 0.716. The monoisotopic (exact) mass is 347 g/mol. The van der Waals surface area contributed by atoms with Gasteiger partial charge in [-0.25, -0.2) is 0 Å². The lowest BCUT2D eigenvalue weighted by Gasteiger charge is -2.28. The van der Waals surface area contributed by atoms with Gasteiger partial charge in [-0.05, 0) is 49.3 Å². The number of carbonyl (C=O) groups excluding carboxylic acids is 1. The van der Waals surface area contributed by atoms with Crippen LogP contribution in [0.25, 0.3) is 0 Å². The minimum Gasteiger partial charge on any atom is -0.497 e. The van der Waals surface area contributed by atoms with Gasteiger partial charge in [-0.1, -0.05) is 38.3 Å². The number of hydrogen-bond donors (Lipinski definition) is 1. The summed E-state index contributed by atoms with van der Waals surface area (Å²) < 4.78 is 10.8. The molecule has 4 nitrogen and oxygen atoms in total. The summed E-state index contributed by atoms with van der Waals surface area (Å²) in [7, 11) is 3.33. The van der Waals surface area contributed by atoms with Gasteiger partial charge in [-0.15, -0.1) is 0 Å². The molecule has 1 unspecified atom stereocenters. The van der Waals surface area contributed by atoms with E-state index in [1.54, 1.807) is 14.2 Å². The summed E-state index contributed by atoms with van der Waals surface area (Å²) in [6, 6.07) is 7.81. The molecule has 1 aliphatic carbocycles. The van der Waals surface area contributed by atoms with Gasteiger partial charge < -0.3 is 14.8 Å². The first-order valence-corrected chi connectivity index (χ1v) is 9.62. The normalized spacial score (nSPS) is 21.6. The lowest BCUT2D eigenvalue weighted by Crippen LogP contribution is -2.36. The number of nitrogens with one attached hydrogen (secondary N) is 1. The van der Waals surface area contributed by atoms with E-state index < -0.39 is 0 Å². The second-order valence-corrected chi connectivity index (χ2v) is 7.11. The molecule has 2 rings (SSSR count). The molecule has 140 valence electrons. The first kappa shape index (κ1) is 19.8. The van der Waals surface area contributed by atoms with Crippen LogP contribution in [-0.4, -0.2) is 26.7 Å². The number of unbranched alkanes of at least 4 members (excludes halogenated alkanes) is 1. The highest BCUT2D eigenvalue weighted by Crippen LogP contribution is 2.32. The Balaban J connectivity index is 1.80. The molecule has 4 heteroatoms. The summed E-state index contributed by atoms with van der Waals surface area (Å²) in [5.41, 5.74) is 1.02. The van der Waals surface area contributed by atoms with Crippen LogP contribution in [0.5, 0.6) is 5.75 Å². The molecule has 1 amide bonds. The zero-order valence-electron chi connectivity index (χ0n) is 15.9. The van der Waals surface area contributed by atoms with Crippen LogP contribution in [0, 0.1) is 11.8 Å². The van der Waals surface area contributed by atoms with Crippen LogP contribution in [0.4, 0.5) is 0 Å². The standard InChI is InChI=1S/C21H33NO3/c1-4-5-7-16-10-12-17(13-11-16)21(23)22-15-20(25-3)18-8-6-9-19(14-18)24-2/h6,8-9,14,16-17,20H,4-5,7,10-13,15H2,1-3H3,(H,22,23). The predicted octanol–water partition coefficient (Wildman–Crippen LogP) is 4.50. The molecule has 1 atom stereocenters. The van der Waals surface area contributed by atoms with Gasteiger partial charge in [-0.2, -0.15) is 0 Å². The van der Waals surface area contributed by atoms with Gasteiger partial charge in [0.05, 0.1) is 13.2 Å². The Morgan fingerprint density at radius 3 is 2.64 bits per heavy atom. The zero-order valence-corrected chi connectivity index (χ0v) is 15.9. The zero-order chi connectivity index (χ0) is 18.1. The highest BCUT2D eigenvalue weighted by atomic mass is 16.5. The smallest absolute Gasteiger partial charge is 0.223 e. The maximum Gasteiger partial charge on any atom is 0.223 e. The number of methoxy groups -OCH3 is 2. The summed E-state index contributed by atoms with van der Waals surface area (Å²) in [6.45, 7) is 2.74. The average molecular weight is 347 g/mol. The van der Waals surface area contributed by atoms with Crippen molar-refractivity contribution in [1.82, 2.24) is 5.32 Å². The second kappa shape index (κ2) is 10.4. The first-order chi connectivity index (χ1) is 12.2. The van der Waals surface area contributed by atoms with E-state index >= 15 is 0 Å². The van der Waals surface area contributed by atoms with Crippen LogP contribution in [0.15, 0.2) is 24.3 Å². The Bertz CT molecular complexity index is 524. The van der Waals surface area contributed by atoms with E-state index in [0.717, 1.165) is 30.1 Å². The number of benzene rings is 1. The molecule has 1 N–H and O–H groups in total. The summed E-state index contributed by atoms with van der Waals surface area (Å²) in [5.74, 6) is 1.98. The molecule has 0 radical (unpaired) electrons. The van der Waals surface area contributed by atoms with Crippen molar-refractivity contribution in [2.45, 2.75) is 58.0 Å². The molecular formula is C21H33NO3. The Kier molecular flexibility index (Phi) is 8.26. The molecule has 1 fully saturated rings. The van der Waals surface area contributed by atoms with E-state index in [1.807, 2.05) is 24.3 Å². The molecule has 1 aliphatic rings. The highest BCUT2D eigenvalue weighted by molar-refractivity contribution is 5.78.